The van der Waals surface area contributed by atoms with Crippen molar-refractivity contribution in [2.24, 2.45) is 0 Å². The van der Waals surface area contributed by atoms with Gasteiger partial charge in [-0.2, -0.15) is 0 Å². The van der Waals surface area contributed by atoms with Gasteiger partial charge >= 0.3 is 0 Å². The molecule has 1 aliphatic rings. The van der Waals surface area contributed by atoms with Gasteiger partial charge in [0, 0.05) is 37.7 Å². The average molecular weight is 402 g/mol. The van der Waals surface area contributed by atoms with Crippen LogP contribution in [-0.2, 0) is 17.8 Å². The van der Waals surface area contributed by atoms with Gasteiger partial charge in [-0.3, -0.25) is 9.88 Å². The molecular weight excluding hydrogens is 380 g/mol. The number of nitrogens with one attached hydrogen (secondary N) is 1. The Morgan fingerprint density at radius 3 is 2.90 bits per heavy atom. The summed E-state index contributed by atoms with van der Waals surface area (Å²) in [6.45, 7) is 3.85. The Bertz CT molecular complexity index is 1100. The highest BCUT2D eigenvalue weighted by Crippen LogP contribution is 2.21. The molecule has 0 aliphatic carbocycles. The van der Waals surface area contributed by atoms with Crippen LogP contribution in [0.15, 0.2) is 61.2 Å². The number of morpholine rings is 1. The molecule has 30 heavy (non-hydrogen) atoms. The molecule has 1 fully saturated rings. The smallest absolute Gasteiger partial charge is 0.183 e. The van der Waals surface area contributed by atoms with Crippen molar-refractivity contribution in [2.75, 3.05) is 25.0 Å². The first-order valence-electron chi connectivity index (χ1n) is 9.94. The quantitative estimate of drug-likeness (QED) is 0.525. The van der Waals surface area contributed by atoms with E-state index in [-0.39, 0.29) is 6.10 Å². The minimum atomic E-state index is 0.0146. The van der Waals surface area contributed by atoms with E-state index in [1.54, 1.807) is 10.9 Å². The second-order valence-electron chi connectivity index (χ2n) is 7.25. The molecule has 0 saturated carbocycles. The number of ether oxygens (including phenoxy) is 1. The summed E-state index contributed by atoms with van der Waals surface area (Å²) in [4.78, 5) is 15.3. The molecule has 1 saturated heterocycles. The van der Waals surface area contributed by atoms with Crippen molar-refractivity contribution in [1.29, 1.82) is 0 Å². The van der Waals surface area contributed by atoms with E-state index < -0.39 is 0 Å². The zero-order valence-corrected chi connectivity index (χ0v) is 16.4. The third kappa shape index (κ3) is 4.12. The van der Waals surface area contributed by atoms with Crippen molar-refractivity contribution < 1.29 is 4.74 Å². The SMILES string of the molecule is c1ccc(Nc2ncnc3c2nnn3CC2CN(Cc3cccnc3)CCO2)cc1. The number of fused-ring (bicyclic) bond motifs is 1. The van der Waals surface area contributed by atoms with Crippen molar-refractivity contribution in [3.05, 3.63) is 66.7 Å². The highest BCUT2D eigenvalue weighted by atomic mass is 16.5. The number of benzene rings is 1. The van der Waals surface area contributed by atoms with Crippen LogP contribution in [0.2, 0.25) is 0 Å². The minimum Gasteiger partial charge on any atom is -0.374 e. The predicted octanol–water partition coefficient (Wildman–Crippen LogP) is 2.26. The van der Waals surface area contributed by atoms with E-state index in [0.29, 0.717) is 30.1 Å². The maximum Gasteiger partial charge on any atom is 0.183 e. The number of nitrogens with zero attached hydrogens (tertiary/aromatic N) is 7. The molecular formula is C21H22N8O. The number of hydrogen-bond donors (Lipinski definition) is 1. The molecule has 3 aromatic heterocycles. The number of rotatable bonds is 6. The second kappa shape index (κ2) is 8.52. The number of anilines is 2. The van der Waals surface area contributed by atoms with Gasteiger partial charge in [-0.05, 0) is 23.8 Å². The molecule has 0 amide bonds. The summed E-state index contributed by atoms with van der Waals surface area (Å²) in [6.07, 6.45) is 5.25. The normalized spacial score (nSPS) is 17.3. The molecule has 0 spiro atoms. The Balaban J connectivity index is 1.30. The number of pyridine rings is 1. The largest absolute Gasteiger partial charge is 0.374 e. The summed E-state index contributed by atoms with van der Waals surface area (Å²) < 4.78 is 7.79. The molecule has 1 atom stereocenters. The number of hydrogen-bond acceptors (Lipinski definition) is 8. The maximum atomic E-state index is 5.99. The van der Waals surface area contributed by atoms with Crippen molar-refractivity contribution in [3.8, 4) is 0 Å². The fourth-order valence-electron chi connectivity index (χ4n) is 3.64. The lowest BCUT2D eigenvalue weighted by Crippen LogP contribution is -2.43. The highest BCUT2D eigenvalue weighted by molar-refractivity contribution is 5.84. The van der Waals surface area contributed by atoms with E-state index in [9.17, 15) is 0 Å². The van der Waals surface area contributed by atoms with Crippen molar-refractivity contribution in [2.45, 2.75) is 19.2 Å². The molecule has 152 valence electrons. The number of para-hydroxylation sites is 1. The lowest BCUT2D eigenvalue weighted by molar-refractivity contribution is -0.0399. The first-order valence-corrected chi connectivity index (χ1v) is 9.94. The molecule has 9 heteroatoms. The Labute approximate surface area is 173 Å². The van der Waals surface area contributed by atoms with Crippen molar-refractivity contribution in [1.82, 2.24) is 34.8 Å². The van der Waals surface area contributed by atoms with E-state index in [4.69, 9.17) is 4.74 Å². The van der Waals surface area contributed by atoms with Gasteiger partial charge in [-0.15, -0.1) is 5.10 Å². The molecule has 4 heterocycles. The van der Waals surface area contributed by atoms with Gasteiger partial charge in [0.2, 0.25) is 0 Å². The predicted molar refractivity (Wildman–Crippen MR) is 112 cm³/mol. The molecule has 9 nitrogen and oxygen atoms in total. The second-order valence-corrected chi connectivity index (χ2v) is 7.25. The van der Waals surface area contributed by atoms with Crippen molar-refractivity contribution in [3.63, 3.8) is 0 Å². The molecule has 0 radical (unpaired) electrons. The number of aromatic nitrogens is 6. The van der Waals surface area contributed by atoms with Crippen molar-refractivity contribution >= 4 is 22.7 Å². The Morgan fingerprint density at radius 2 is 2.03 bits per heavy atom. The Morgan fingerprint density at radius 1 is 1.10 bits per heavy atom. The summed E-state index contributed by atoms with van der Waals surface area (Å²) in [7, 11) is 0. The van der Waals surface area contributed by atoms with Crippen LogP contribution in [0.5, 0.6) is 0 Å². The molecule has 0 bridgehead atoms. The fourth-order valence-corrected chi connectivity index (χ4v) is 3.64. The molecule has 1 aliphatic heterocycles. The van der Waals surface area contributed by atoms with Crippen LogP contribution in [-0.4, -0.2) is 60.6 Å². The first-order chi connectivity index (χ1) is 14.8. The van der Waals surface area contributed by atoms with Crippen LogP contribution in [0.1, 0.15) is 5.56 Å². The topological polar surface area (TPSA) is 93.9 Å². The summed E-state index contributed by atoms with van der Waals surface area (Å²) in [5, 5.41) is 11.9. The highest BCUT2D eigenvalue weighted by Gasteiger charge is 2.23. The minimum absolute atomic E-state index is 0.0146. The van der Waals surface area contributed by atoms with Gasteiger partial charge in [0.1, 0.15) is 6.33 Å². The molecule has 1 unspecified atom stereocenters. The van der Waals surface area contributed by atoms with Gasteiger partial charge in [-0.25, -0.2) is 14.6 Å². The lowest BCUT2D eigenvalue weighted by Gasteiger charge is -2.32. The van der Waals surface area contributed by atoms with E-state index in [1.165, 1.54) is 11.9 Å². The van der Waals surface area contributed by atoms with Crippen LogP contribution in [0.4, 0.5) is 11.5 Å². The monoisotopic (exact) mass is 402 g/mol. The van der Waals surface area contributed by atoms with Gasteiger partial charge in [0.15, 0.2) is 17.0 Å². The van der Waals surface area contributed by atoms with Gasteiger partial charge in [0.05, 0.1) is 19.3 Å². The standard InChI is InChI=1S/C21H22N8O/c1-2-6-17(7-3-1)25-20-19-21(24-15-23-20)29(27-26-19)14-18-13-28(9-10-30-18)12-16-5-4-8-22-11-16/h1-8,11,15,18H,9-10,12-14H2,(H,23,24,25). The van der Waals surface area contributed by atoms with E-state index >= 15 is 0 Å². The first kappa shape index (κ1) is 18.6. The average Bonchev–Trinajstić information content (AvgIpc) is 3.19. The lowest BCUT2D eigenvalue weighted by atomic mass is 10.2. The Hall–Kier alpha value is -3.43. The molecule has 4 aromatic rings. The summed E-state index contributed by atoms with van der Waals surface area (Å²) in [6, 6.07) is 13.9. The Kier molecular flexibility index (Phi) is 5.28. The maximum absolute atomic E-state index is 5.99. The van der Waals surface area contributed by atoms with Gasteiger partial charge < -0.3 is 10.1 Å². The van der Waals surface area contributed by atoms with E-state index in [1.807, 2.05) is 42.6 Å². The van der Waals surface area contributed by atoms with Crippen LogP contribution >= 0.6 is 0 Å². The fraction of sp³-hybridized carbons (Fsp3) is 0.286. The van der Waals surface area contributed by atoms with Crippen LogP contribution in [0, 0.1) is 0 Å². The zero-order valence-electron chi connectivity index (χ0n) is 16.4. The van der Waals surface area contributed by atoms with E-state index in [2.05, 4.69) is 41.5 Å². The third-order valence-corrected chi connectivity index (χ3v) is 5.07. The van der Waals surface area contributed by atoms with Gasteiger partial charge in [0.25, 0.3) is 0 Å². The van der Waals surface area contributed by atoms with Gasteiger partial charge in [-0.1, -0.05) is 29.5 Å². The zero-order chi connectivity index (χ0) is 20.2. The summed E-state index contributed by atoms with van der Waals surface area (Å²) >= 11 is 0. The van der Waals surface area contributed by atoms with E-state index in [0.717, 1.165) is 25.3 Å². The molecule has 1 aromatic carbocycles. The van der Waals surface area contributed by atoms with Crippen LogP contribution in [0.25, 0.3) is 11.2 Å². The van der Waals surface area contributed by atoms with Crippen LogP contribution in [0.3, 0.4) is 0 Å². The summed E-state index contributed by atoms with van der Waals surface area (Å²) in [5.41, 5.74) is 3.48. The molecule has 1 N–H and O–H groups in total. The van der Waals surface area contributed by atoms with Crippen LogP contribution < -0.4 is 5.32 Å². The molecule has 5 rings (SSSR count). The third-order valence-electron chi connectivity index (χ3n) is 5.07. The summed E-state index contributed by atoms with van der Waals surface area (Å²) in [5.74, 6) is 0.639.